The van der Waals surface area contributed by atoms with Gasteiger partial charge < -0.3 is 9.47 Å². The van der Waals surface area contributed by atoms with Crippen molar-refractivity contribution in [1.82, 2.24) is 4.98 Å². The summed E-state index contributed by atoms with van der Waals surface area (Å²) in [5.74, 6) is 0.190. The van der Waals surface area contributed by atoms with Crippen LogP contribution in [0.25, 0.3) is 0 Å². The number of rotatable bonds is 4. The summed E-state index contributed by atoms with van der Waals surface area (Å²) in [7, 11) is 0. The number of hydrogen-bond acceptors (Lipinski definition) is 4. The highest BCUT2D eigenvalue weighted by atomic mass is 127. The van der Waals surface area contributed by atoms with Gasteiger partial charge in [0.15, 0.2) is 5.75 Å². The molecule has 0 aliphatic heterocycles. The standard InChI is InChI=1S/C10H10INO3/c1-2-14-9(13)5-7-15-8-4-3-6-12-10(8)11/h3-7H,2H2,1H3/b7-5+. The van der Waals surface area contributed by atoms with Gasteiger partial charge in [0.1, 0.15) is 3.70 Å². The molecule has 1 rings (SSSR count). The van der Waals surface area contributed by atoms with Crippen molar-refractivity contribution < 1.29 is 14.3 Å². The van der Waals surface area contributed by atoms with Crippen molar-refractivity contribution in [3.05, 3.63) is 34.4 Å². The van der Waals surface area contributed by atoms with Crippen LogP contribution in [0.15, 0.2) is 30.7 Å². The molecule has 4 nitrogen and oxygen atoms in total. The van der Waals surface area contributed by atoms with E-state index in [0.717, 1.165) is 3.70 Å². The molecule has 0 amide bonds. The molecule has 80 valence electrons. The molecule has 0 unspecified atom stereocenters. The van der Waals surface area contributed by atoms with Crippen LogP contribution in [0.4, 0.5) is 0 Å². The first-order chi connectivity index (χ1) is 7.24. The van der Waals surface area contributed by atoms with Crippen molar-refractivity contribution in [3.63, 3.8) is 0 Å². The van der Waals surface area contributed by atoms with E-state index in [1.165, 1.54) is 12.3 Å². The summed E-state index contributed by atoms with van der Waals surface area (Å²) in [6.07, 6.45) is 4.19. The minimum atomic E-state index is -0.420. The van der Waals surface area contributed by atoms with Gasteiger partial charge in [-0.15, -0.1) is 0 Å². The zero-order valence-corrected chi connectivity index (χ0v) is 10.3. The summed E-state index contributed by atoms with van der Waals surface area (Å²) in [5, 5.41) is 0. The molecule has 5 heteroatoms. The number of halogens is 1. The molecule has 1 aromatic heterocycles. The number of pyridine rings is 1. The summed E-state index contributed by atoms with van der Waals surface area (Å²) < 4.78 is 10.6. The van der Waals surface area contributed by atoms with Gasteiger partial charge in [0.05, 0.1) is 18.9 Å². The summed E-state index contributed by atoms with van der Waals surface area (Å²) in [6.45, 7) is 2.10. The topological polar surface area (TPSA) is 48.4 Å². The van der Waals surface area contributed by atoms with Crippen LogP contribution in [0.5, 0.6) is 5.75 Å². The summed E-state index contributed by atoms with van der Waals surface area (Å²) >= 11 is 2.05. The molecule has 0 bridgehead atoms. The zero-order valence-electron chi connectivity index (χ0n) is 8.14. The fourth-order valence-electron chi connectivity index (χ4n) is 0.812. The molecular formula is C10H10INO3. The molecule has 0 atom stereocenters. The molecule has 0 aliphatic carbocycles. The van der Waals surface area contributed by atoms with E-state index in [0.29, 0.717) is 12.4 Å². The van der Waals surface area contributed by atoms with E-state index < -0.39 is 5.97 Å². The Kier molecular flexibility index (Phi) is 5.09. The molecular weight excluding hydrogens is 309 g/mol. The minimum absolute atomic E-state index is 0.355. The van der Waals surface area contributed by atoms with Crippen molar-refractivity contribution >= 4 is 28.6 Å². The van der Waals surface area contributed by atoms with Crippen molar-refractivity contribution in [1.29, 1.82) is 0 Å². The normalized spacial score (nSPS) is 10.3. The Hall–Kier alpha value is -1.11. The fraction of sp³-hybridized carbons (Fsp3) is 0.200. The minimum Gasteiger partial charge on any atom is -0.463 e. The molecule has 15 heavy (non-hydrogen) atoms. The lowest BCUT2D eigenvalue weighted by molar-refractivity contribution is -0.137. The Morgan fingerprint density at radius 2 is 2.47 bits per heavy atom. The number of hydrogen-bond donors (Lipinski definition) is 0. The average molecular weight is 319 g/mol. The van der Waals surface area contributed by atoms with Gasteiger partial charge >= 0.3 is 5.97 Å². The Morgan fingerprint density at radius 3 is 3.13 bits per heavy atom. The van der Waals surface area contributed by atoms with Crippen molar-refractivity contribution in [3.8, 4) is 5.75 Å². The van der Waals surface area contributed by atoms with E-state index >= 15 is 0 Å². The number of aromatic nitrogens is 1. The molecule has 0 saturated heterocycles. The monoisotopic (exact) mass is 319 g/mol. The average Bonchev–Trinajstić information content (AvgIpc) is 2.21. The predicted molar refractivity (Wildman–Crippen MR) is 63.4 cm³/mol. The maximum Gasteiger partial charge on any atom is 0.333 e. The van der Waals surface area contributed by atoms with Crippen LogP contribution in [-0.2, 0) is 9.53 Å². The van der Waals surface area contributed by atoms with Crippen LogP contribution in [0.3, 0.4) is 0 Å². The van der Waals surface area contributed by atoms with E-state index in [9.17, 15) is 4.79 Å². The van der Waals surface area contributed by atoms with Gasteiger partial charge in [-0.1, -0.05) is 0 Å². The third kappa shape index (κ3) is 4.28. The van der Waals surface area contributed by atoms with Crippen molar-refractivity contribution in [2.75, 3.05) is 6.61 Å². The first kappa shape index (κ1) is 12.0. The summed E-state index contributed by atoms with van der Waals surface area (Å²) in [4.78, 5) is 14.9. The van der Waals surface area contributed by atoms with Gasteiger partial charge in [0.2, 0.25) is 0 Å². The van der Waals surface area contributed by atoms with Crippen LogP contribution >= 0.6 is 22.6 Å². The van der Waals surface area contributed by atoms with Gasteiger partial charge in [0.25, 0.3) is 0 Å². The predicted octanol–water partition coefficient (Wildman–Crippen LogP) is 2.14. The number of nitrogens with zero attached hydrogens (tertiary/aromatic N) is 1. The van der Waals surface area contributed by atoms with Crippen LogP contribution in [0.2, 0.25) is 0 Å². The van der Waals surface area contributed by atoms with Gasteiger partial charge in [-0.3, -0.25) is 0 Å². The number of esters is 1. The van der Waals surface area contributed by atoms with E-state index in [4.69, 9.17) is 4.74 Å². The van der Waals surface area contributed by atoms with E-state index in [2.05, 4.69) is 9.72 Å². The fourth-order valence-corrected chi connectivity index (χ4v) is 1.28. The quantitative estimate of drug-likeness (QED) is 0.280. The van der Waals surface area contributed by atoms with Crippen LogP contribution in [0.1, 0.15) is 6.92 Å². The van der Waals surface area contributed by atoms with Gasteiger partial charge in [-0.2, -0.15) is 0 Å². The number of carbonyl (C=O) groups is 1. The second kappa shape index (κ2) is 6.39. The Balaban J connectivity index is 2.50. The van der Waals surface area contributed by atoms with Crippen LogP contribution in [0, 0.1) is 3.70 Å². The van der Waals surface area contributed by atoms with Gasteiger partial charge in [-0.25, -0.2) is 9.78 Å². The lowest BCUT2D eigenvalue weighted by atomic mass is 10.5. The van der Waals surface area contributed by atoms with Crippen LogP contribution in [-0.4, -0.2) is 17.6 Å². The van der Waals surface area contributed by atoms with E-state index in [1.807, 2.05) is 22.6 Å². The molecule has 1 heterocycles. The maximum absolute atomic E-state index is 10.9. The van der Waals surface area contributed by atoms with Crippen molar-refractivity contribution in [2.45, 2.75) is 6.92 Å². The molecule has 0 fully saturated rings. The number of ether oxygens (including phenoxy) is 2. The molecule has 0 aromatic carbocycles. The van der Waals surface area contributed by atoms with Gasteiger partial charge in [0, 0.05) is 6.20 Å². The smallest absolute Gasteiger partial charge is 0.333 e. The molecule has 0 saturated carbocycles. The summed E-state index contributed by atoms with van der Waals surface area (Å²) in [5.41, 5.74) is 0. The molecule has 0 N–H and O–H groups in total. The largest absolute Gasteiger partial charge is 0.463 e. The van der Waals surface area contributed by atoms with E-state index in [-0.39, 0.29) is 0 Å². The Morgan fingerprint density at radius 1 is 1.67 bits per heavy atom. The SMILES string of the molecule is CCOC(=O)/C=C/Oc1cccnc1I. The Bertz CT molecular complexity index is 365. The highest BCUT2D eigenvalue weighted by molar-refractivity contribution is 14.1. The highest BCUT2D eigenvalue weighted by Crippen LogP contribution is 2.16. The second-order valence-electron chi connectivity index (χ2n) is 2.46. The second-order valence-corrected chi connectivity index (χ2v) is 3.49. The lowest BCUT2D eigenvalue weighted by Crippen LogP contribution is -2.00. The first-order valence-electron chi connectivity index (χ1n) is 4.34. The molecule has 1 aromatic rings. The molecule has 0 aliphatic rings. The third-order valence-corrected chi connectivity index (χ3v) is 2.22. The highest BCUT2D eigenvalue weighted by Gasteiger charge is 1.98. The molecule has 0 radical (unpaired) electrons. The van der Waals surface area contributed by atoms with Crippen LogP contribution < -0.4 is 4.74 Å². The van der Waals surface area contributed by atoms with Gasteiger partial charge in [-0.05, 0) is 41.6 Å². The molecule has 0 spiro atoms. The summed E-state index contributed by atoms with van der Waals surface area (Å²) in [6, 6.07) is 3.53. The number of carbonyl (C=O) groups excluding carboxylic acids is 1. The maximum atomic E-state index is 10.9. The first-order valence-corrected chi connectivity index (χ1v) is 5.42. The Labute approximate surface area is 101 Å². The zero-order chi connectivity index (χ0) is 11.1. The van der Waals surface area contributed by atoms with Crippen molar-refractivity contribution in [2.24, 2.45) is 0 Å². The third-order valence-electron chi connectivity index (χ3n) is 1.41. The van der Waals surface area contributed by atoms with E-state index in [1.54, 1.807) is 25.3 Å². The lowest BCUT2D eigenvalue weighted by Gasteiger charge is -2.00.